The van der Waals surface area contributed by atoms with Crippen molar-refractivity contribution in [3.05, 3.63) is 95.3 Å². The van der Waals surface area contributed by atoms with Gasteiger partial charge >= 0.3 is 0 Å². The van der Waals surface area contributed by atoms with Gasteiger partial charge < -0.3 is 9.88 Å². The summed E-state index contributed by atoms with van der Waals surface area (Å²) in [5.41, 5.74) is 3.48. The van der Waals surface area contributed by atoms with Gasteiger partial charge in [-0.2, -0.15) is 0 Å². The number of piperazine rings is 1. The number of carbonyl (C=O) groups excluding carboxylic acids is 2. The van der Waals surface area contributed by atoms with Crippen LogP contribution in [0.2, 0.25) is 0 Å². The zero-order valence-corrected chi connectivity index (χ0v) is 15.6. The summed E-state index contributed by atoms with van der Waals surface area (Å²) in [6.07, 6.45) is 2.31. The molecule has 0 spiro atoms. The predicted octanol–water partition coefficient (Wildman–Crippen LogP) is 3.37. The van der Waals surface area contributed by atoms with Crippen LogP contribution in [0.15, 0.2) is 72.9 Å². The smallest absolute Gasteiger partial charge is 0.270 e. The van der Waals surface area contributed by atoms with Crippen molar-refractivity contribution in [2.75, 3.05) is 26.2 Å². The fourth-order valence-corrected chi connectivity index (χ4v) is 3.84. The second-order valence-electron chi connectivity index (χ2n) is 7.02. The first kappa shape index (κ1) is 18.2. The van der Waals surface area contributed by atoms with Crippen LogP contribution in [0, 0.1) is 0 Å². The Morgan fingerprint density at radius 3 is 1.96 bits per heavy atom. The normalized spacial score (nSPS) is 15.0. The Hall–Kier alpha value is -3.18. The van der Waals surface area contributed by atoms with E-state index in [9.17, 15) is 9.59 Å². The third kappa shape index (κ3) is 3.75. The first-order valence-corrected chi connectivity index (χ1v) is 9.53. The van der Waals surface area contributed by atoms with Crippen LogP contribution >= 0.6 is 0 Å². The highest BCUT2D eigenvalue weighted by molar-refractivity contribution is 5.94. The maximum absolute atomic E-state index is 12.7. The Bertz CT molecular complexity index is 889. The lowest BCUT2D eigenvalue weighted by molar-refractivity contribution is 0.0592. The van der Waals surface area contributed by atoms with Crippen molar-refractivity contribution in [1.29, 1.82) is 0 Å². The van der Waals surface area contributed by atoms with Gasteiger partial charge in [0.25, 0.3) is 5.91 Å². The molecular formula is C23H23N3O2. The molecule has 0 saturated carbocycles. The molecule has 1 aliphatic heterocycles. The number of benzene rings is 2. The Morgan fingerprint density at radius 1 is 0.893 bits per heavy atom. The van der Waals surface area contributed by atoms with Crippen molar-refractivity contribution in [3.8, 4) is 0 Å². The highest BCUT2D eigenvalue weighted by Gasteiger charge is 2.28. The Morgan fingerprint density at radius 2 is 1.46 bits per heavy atom. The maximum Gasteiger partial charge on any atom is 0.270 e. The number of carbonyl (C=O) groups is 2. The van der Waals surface area contributed by atoms with Crippen LogP contribution in [-0.4, -0.2) is 53.2 Å². The molecule has 1 aromatic heterocycles. The molecule has 5 heteroatoms. The fraction of sp³-hybridized carbons (Fsp3) is 0.217. The van der Waals surface area contributed by atoms with Crippen LogP contribution in [0.1, 0.15) is 38.0 Å². The Balaban J connectivity index is 1.50. The molecule has 28 heavy (non-hydrogen) atoms. The maximum atomic E-state index is 12.7. The van der Waals surface area contributed by atoms with Gasteiger partial charge in [-0.15, -0.1) is 0 Å². The molecule has 142 valence electrons. The van der Waals surface area contributed by atoms with Crippen molar-refractivity contribution in [2.45, 2.75) is 6.04 Å². The van der Waals surface area contributed by atoms with E-state index in [0.29, 0.717) is 24.3 Å². The Labute approximate surface area is 164 Å². The van der Waals surface area contributed by atoms with Crippen LogP contribution in [0.4, 0.5) is 0 Å². The van der Waals surface area contributed by atoms with Crippen LogP contribution < -0.4 is 0 Å². The first-order chi connectivity index (χ1) is 13.8. The summed E-state index contributed by atoms with van der Waals surface area (Å²) in [5.74, 6) is -0.0521. The van der Waals surface area contributed by atoms with Gasteiger partial charge in [0.1, 0.15) is 5.69 Å². The number of hydrogen-bond donors (Lipinski definition) is 1. The molecule has 1 fully saturated rings. The first-order valence-electron chi connectivity index (χ1n) is 9.53. The van der Waals surface area contributed by atoms with E-state index in [1.807, 2.05) is 17.0 Å². The number of aromatic amines is 1. The van der Waals surface area contributed by atoms with E-state index in [2.05, 4.69) is 58.4 Å². The molecule has 0 unspecified atom stereocenters. The number of H-pyrrole nitrogens is 1. The molecule has 1 saturated heterocycles. The van der Waals surface area contributed by atoms with Gasteiger partial charge in [0, 0.05) is 37.9 Å². The summed E-state index contributed by atoms with van der Waals surface area (Å²) in [5, 5.41) is 0. The average Bonchev–Trinajstić information content (AvgIpc) is 3.25. The fourth-order valence-electron chi connectivity index (χ4n) is 3.84. The molecule has 0 bridgehead atoms. The largest absolute Gasteiger partial charge is 0.356 e. The third-order valence-corrected chi connectivity index (χ3v) is 5.27. The van der Waals surface area contributed by atoms with E-state index in [1.54, 1.807) is 12.3 Å². The van der Waals surface area contributed by atoms with Crippen LogP contribution in [0.25, 0.3) is 0 Å². The monoisotopic (exact) mass is 373 g/mol. The molecule has 3 aromatic rings. The number of nitrogens with zero attached hydrogens (tertiary/aromatic N) is 2. The highest BCUT2D eigenvalue weighted by atomic mass is 16.2. The van der Waals surface area contributed by atoms with Crippen molar-refractivity contribution < 1.29 is 9.59 Å². The lowest BCUT2D eigenvalue weighted by Crippen LogP contribution is -2.50. The second-order valence-corrected chi connectivity index (χ2v) is 7.02. The SMILES string of the molecule is O=Cc1c[nH]c(C(=O)N2CCN(C(c3ccccc3)c3ccccc3)CC2)c1. The van der Waals surface area contributed by atoms with Gasteiger partial charge in [-0.25, -0.2) is 0 Å². The second kappa shape index (κ2) is 8.23. The molecule has 0 radical (unpaired) electrons. The highest BCUT2D eigenvalue weighted by Crippen LogP contribution is 2.29. The molecular weight excluding hydrogens is 350 g/mol. The van der Waals surface area contributed by atoms with Crippen LogP contribution in [-0.2, 0) is 0 Å². The van der Waals surface area contributed by atoms with Crippen LogP contribution in [0.5, 0.6) is 0 Å². The quantitative estimate of drug-likeness (QED) is 0.698. The van der Waals surface area contributed by atoms with E-state index in [4.69, 9.17) is 0 Å². The zero-order valence-electron chi connectivity index (χ0n) is 15.6. The standard InChI is InChI=1S/C23H23N3O2/c27-17-18-15-21(24-16-18)23(28)26-13-11-25(12-14-26)22(19-7-3-1-4-8-19)20-9-5-2-6-10-20/h1-10,15-17,22,24H,11-14H2. The third-order valence-electron chi connectivity index (χ3n) is 5.27. The minimum Gasteiger partial charge on any atom is -0.356 e. The lowest BCUT2D eigenvalue weighted by Gasteiger charge is -2.39. The molecule has 1 aliphatic rings. The molecule has 1 N–H and O–H groups in total. The van der Waals surface area contributed by atoms with Gasteiger partial charge in [-0.3, -0.25) is 14.5 Å². The number of aromatic nitrogens is 1. The molecule has 5 nitrogen and oxygen atoms in total. The topological polar surface area (TPSA) is 56.4 Å². The van der Waals surface area contributed by atoms with Crippen molar-refractivity contribution in [3.63, 3.8) is 0 Å². The molecule has 2 heterocycles. The van der Waals surface area contributed by atoms with E-state index < -0.39 is 0 Å². The van der Waals surface area contributed by atoms with Crippen molar-refractivity contribution in [1.82, 2.24) is 14.8 Å². The number of amides is 1. The van der Waals surface area contributed by atoms with E-state index in [0.717, 1.165) is 19.4 Å². The number of rotatable bonds is 5. The zero-order chi connectivity index (χ0) is 19.3. The average molecular weight is 373 g/mol. The number of hydrogen-bond acceptors (Lipinski definition) is 3. The molecule has 0 atom stereocenters. The summed E-state index contributed by atoms with van der Waals surface area (Å²) < 4.78 is 0. The molecule has 1 amide bonds. The minimum atomic E-state index is -0.0521. The van der Waals surface area contributed by atoms with E-state index >= 15 is 0 Å². The lowest BCUT2D eigenvalue weighted by atomic mass is 9.96. The van der Waals surface area contributed by atoms with Gasteiger partial charge in [0.05, 0.1) is 6.04 Å². The number of nitrogens with one attached hydrogen (secondary N) is 1. The predicted molar refractivity (Wildman–Crippen MR) is 108 cm³/mol. The van der Waals surface area contributed by atoms with Gasteiger partial charge in [-0.1, -0.05) is 60.7 Å². The van der Waals surface area contributed by atoms with Crippen LogP contribution in [0.3, 0.4) is 0 Å². The number of aldehydes is 1. The van der Waals surface area contributed by atoms with Gasteiger partial charge in [-0.05, 0) is 17.2 Å². The van der Waals surface area contributed by atoms with Gasteiger partial charge in [0.15, 0.2) is 6.29 Å². The summed E-state index contributed by atoms with van der Waals surface area (Å²) in [4.78, 5) is 30.7. The Kier molecular flexibility index (Phi) is 5.35. The molecule has 4 rings (SSSR count). The summed E-state index contributed by atoms with van der Waals surface area (Å²) in [6.45, 7) is 2.90. The summed E-state index contributed by atoms with van der Waals surface area (Å²) in [7, 11) is 0. The molecule has 0 aliphatic carbocycles. The molecule has 2 aromatic carbocycles. The van der Waals surface area contributed by atoms with Crippen molar-refractivity contribution >= 4 is 12.2 Å². The van der Waals surface area contributed by atoms with E-state index in [1.165, 1.54) is 11.1 Å². The summed E-state index contributed by atoms with van der Waals surface area (Å²) in [6, 6.07) is 22.8. The van der Waals surface area contributed by atoms with E-state index in [-0.39, 0.29) is 11.9 Å². The summed E-state index contributed by atoms with van der Waals surface area (Å²) >= 11 is 0. The van der Waals surface area contributed by atoms with Gasteiger partial charge in [0.2, 0.25) is 0 Å². The van der Waals surface area contributed by atoms with Crippen molar-refractivity contribution in [2.24, 2.45) is 0 Å². The minimum absolute atomic E-state index is 0.0521.